The van der Waals surface area contributed by atoms with Crippen molar-refractivity contribution in [1.29, 1.82) is 0 Å². The van der Waals surface area contributed by atoms with Crippen molar-refractivity contribution in [2.45, 2.75) is 42.7 Å². The van der Waals surface area contributed by atoms with Crippen LogP contribution >= 0.6 is 11.8 Å². The molecule has 2 aliphatic rings. The van der Waals surface area contributed by atoms with Gasteiger partial charge in [-0.05, 0) is 55.9 Å². The first-order valence-corrected chi connectivity index (χ1v) is 12.1. The van der Waals surface area contributed by atoms with Crippen LogP contribution in [-0.2, 0) is 11.3 Å². The number of imide groups is 1. The highest BCUT2D eigenvalue weighted by Crippen LogP contribution is 2.38. The third kappa shape index (κ3) is 4.25. The van der Waals surface area contributed by atoms with E-state index in [1.54, 1.807) is 30.0 Å². The predicted molar refractivity (Wildman–Crippen MR) is 121 cm³/mol. The molecular weight excluding hydrogens is 443 g/mol. The molecule has 3 aromatic rings. The Morgan fingerprint density at radius 3 is 2.70 bits per heavy atom. The molecule has 3 unspecified atom stereocenters. The van der Waals surface area contributed by atoms with E-state index in [4.69, 9.17) is 4.52 Å². The first-order chi connectivity index (χ1) is 16.0. The highest BCUT2D eigenvalue weighted by Gasteiger charge is 2.45. The van der Waals surface area contributed by atoms with Gasteiger partial charge in [0.15, 0.2) is 0 Å². The van der Waals surface area contributed by atoms with Gasteiger partial charge >= 0.3 is 6.03 Å². The van der Waals surface area contributed by atoms with Crippen LogP contribution in [0.5, 0.6) is 0 Å². The SMILES string of the molecule is CSc1ccc(-c2noc(C3CCC4C(=O)N(Cc5ccccc5F)C(=O)NC4C3)n2)cc1. The standard InChI is InChI=1S/C24H23FN4O3S/c1-33-17-9-6-14(7-10-17)21-27-22(32-28-21)15-8-11-18-20(12-15)26-24(31)29(23(18)30)13-16-4-2-3-5-19(16)25/h2-7,9-10,15,18,20H,8,11-13H2,1H3,(H,26,31). The molecule has 2 aromatic carbocycles. The summed E-state index contributed by atoms with van der Waals surface area (Å²) >= 11 is 1.66. The van der Waals surface area contributed by atoms with E-state index < -0.39 is 11.8 Å². The molecule has 7 nitrogen and oxygen atoms in total. The first kappa shape index (κ1) is 21.6. The number of halogens is 1. The lowest BCUT2D eigenvalue weighted by atomic mass is 9.76. The van der Waals surface area contributed by atoms with Crippen molar-refractivity contribution >= 4 is 23.7 Å². The quantitative estimate of drug-likeness (QED) is 0.553. The van der Waals surface area contributed by atoms with Crippen molar-refractivity contribution in [1.82, 2.24) is 20.4 Å². The Morgan fingerprint density at radius 2 is 1.94 bits per heavy atom. The maximum atomic E-state index is 14.0. The number of hydrogen-bond acceptors (Lipinski definition) is 6. The van der Waals surface area contributed by atoms with Crippen LogP contribution in [0.1, 0.15) is 36.6 Å². The molecule has 1 saturated carbocycles. The average molecular weight is 467 g/mol. The Morgan fingerprint density at radius 1 is 1.15 bits per heavy atom. The molecular formula is C24H23FN4O3S. The van der Waals surface area contributed by atoms with Crippen LogP contribution in [0.3, 0.4) is 0 Å². The second-order valence-corrected chi connectivity index (χ2v) is 9.25. The molecule has 0 bridgehead atoms. The number of amides is 3. The molecule has 5 rings (SSSR count). The summed E-state index contributed by atoms with van der Waals surface area (Å²) in [6.07, 6.45) is 3.85. The van der Waals surface area contributed by atoms with Crippen molar-refractivity contribution in [3.8, 4) is 11.4 Å². The van der Waals surface area contributed by atoms with Crippen LogP contribution in [0, 0.1) is 11.7 Å². The summed E-state index contributed by atoms with van der Waals surface area (Å²) in [7, 11) is 0. The Balaban J connectivity index is 1.27. The normalized spacial score (nSPS) is 22.7. The third-order valence-electron chi connectivity index (χ3n) is 6.41. The molecule has 9 heteroatoms. The number of aromatic nitrogens is 2. The Kier molecular flexibility index (Phi) is 5.88. The predicted octanol–water partition coefficient (Wildman–Crippen LogP) is 4.60. The Bertz CT molecular complexity index is 1180. The van der Waals surface area contributed by atoms with E-state index >= 15 is 0 Å². The topological polar surface area (TPSA) is 88.3 Å². The van der Waals surface area contributed by atoms with Gasteiger partial charge in [0.2, 0.25) is 17.6 Å². The molecule has 1 saturated heterocycles. The fourth-order valence-corrected chi connectivity index (χ4v) is 5.00. The molecule has 33 heavy (non-hydrogen) atoms. The van der Waals surface area contributed by atoms with Crippen LogP contribution < -0.4 is 5.32 Å². The van der Waals surface area contributed by atoms with Crippen LogP contribution in [0.2, 0.25) is 0 Å². The number of rotatable bonds is 5. The van der Waals surface area contributed by atoms with Gasteiger partial charge in [0, 0.05) is 28.0 Å². The average Bonchev–Trinajstić information content (AvgIpc) is 3.33. The highest BCUT2D eigenvalue weighted by atomic mass is 32.2. The van der Waals surface area contributed by atoms with Crippen molar-refractivity contribution in [2.75, 3.05) is 6.26 Å². The monoisotopic (exact) mass is 466 g/mol. The van der Waals surface area contributed by atoms with E-state index in [-0.39, 0.29) is 30.3 Å². The molecule has 0 radical (unpaired) electrons. The summed E-state index contributed by atoms with van der Waals surface area (Å²) in [6.45, 7) is -0.0770. The molecule has 3 amide bonds. The van der Waals surface area contributed by atoms with E-state index in [0.29, 0.717) is 36.5 Å². The molecule has 0 spiro atoms. The Hall–Kier alpha value is -3.20. The summed E-state index contributed by atoms with van der Waals surface area (Å²) < 4.78 is 19.6. The minimum absolute atomic E-state index is 0.0378. The number of carbonyl (C=O) groups excluding carboxylic acids is 2. The minimum atomic E-state index is -0.495. The molecule has 1 N–H and O–H groups in total. The summed E-state index contributed by atoms with van der Waals surface area (Å²) in [5.74, 6) is -0.0198. The van der Waals surface area contributed by atoms with Gasteiger partial charge in [0.25, 0.3) is 0 Å². The lowest BCUT2D eigenvalue weighted by Crippen LogP contribution is -2.61. The third-order valence-corrected chi connectivity index (χ3v) is 7.16. The van der Waals surface area contributed by atoms with E-state index in [1.165, 1.54) is 6.07 Å². The molecule has 1 aliphatic heterocycles. The highest BCUT2D eigenvalue weighted by molar-refractivity contribution is 7.98. The van der Waals surface area contributed by atoms with Gasteiger partial charge in [0.1, 0.15) is 5.82 Å². The van der Waals surface area contributed by atoms with Crippen molar-refractivity contribution < 1.29 is 18.5 Å². The zero-order chi connectivity index (χ0) is 22.9. The van der Waals surface area contributed by atoms with E-state index in [1.807, 2.05) is 30.5 Å². The molecule has 2 heterocycles. The molecule has 3 atom stereocenters. The number of thioether (sulfide) groups is 1. The summed E-state index contributed by atoms with van der Waals surface area (Å²) in [4.78, 5) is 32.6. The zero-order valence-electron chi connectivity index (χ0n) is 18.0. The summed E-state index contributed by atoms with van der Waals surface area (Å²) in [5.41, 5.74) is 1.19. The van der Waals surface area contributed by atoms with E-state index in [0.717, 1.165) is 15.4 Å². The van der Waals surface area contributed by atoms with Gasteiger partial charge in [0.05, 0.1) is 12.5 Å². The molecule has 1 aromatic heterocycles. The van der Waals surface area contributed by atoms with Crippen molar-refractivity contribution in [3.05, 3.63) is 65.8 Å². The van der Waals surface area contributed by atoms with Gasteiger partial charge in [-0.3, -0.25) is 9.69 Å². The van der Waals surface area contributed by atoms with Crippen LogP contribution in [-0.4, -0.2) is 39.3 Å². The largest absolute Gasteiger partial charge is 0.339 e. The van der Waals surface area contributed by atoms with Gasteiger partial charge in [-0.2, -0.15) is 4.98 Å². The van der Waals surface area contributed by atoms with E-state index in [2.05, 4.69) is 15.5 Å². The number of hydrogen-bond donors (Lipinski definition) is 1. The maximum Gasteiger partial charge on any atom is 0.324 e. The summed E-state index contributed by atoms with van der Waals surface area (Å²) in [5, 5.41) is 7.07. The fraction of sp³-hybridized carbons (Fsp3) is 0.333. The fourth-order valence-electron chi connectivity index (χ4n) is 4.59. The Labute approximate surface area is 194 Å². The zero-order valence-corrected chi connectivity index (χ0v) is 18.8. The lowest BCUT2D eigenvalue weighted by molar-refractivity contribution is -0.137. The smallest absolute Gasteiger partial charge is 0.324 e. The lowest BCUT2D eigenvalue weighted by Gasteiger charge is -2.41. The van der Waals surface area contributed by atoms with Gasteiger partial charge < -0.3 is 9.84 Å². The second kappa shape index (κ2) is 8.97. The van der Waals surface area contributed by atoms with Crippen molar-refractivity contribution in [3.63, 3.8) is 0 Å². The van der Waals surface area contributed by atoms with Crippen LogP contribution in [0.15, 0.2) is 57.9 Å². The van der Waals surface area contributed by atoms with Gasteiger partial charge in [-0.25, -0.2) is 9.18 Å². The van der Waals surface area contributed by atoms with E-state index in [9.17, 15) is 14.0 Å². The number of nitrogens with zero attached hydrogens (tertiary/aromatic N) is 3. The van der Waals surface area contributed by atoms with Gasteiger partial charge in [-0.1, -0.05) is 23.4 Å². The molecule has 2 fully saturated rings. The summed E-state index contributed by atoms with van der Waals surface area (Å²) in [6, 6.07) is 13.3. The first-order valence-electron chi connectivity index (χ1n) is 10.9. The molecule has 1 aliphatic carbocycles. The minimum Gasteiger partial charge on any atom is -0.339 e. The number of urea groups is 1. The number of benzene rings is 2. The number of nitrogens with one attached hydrogen (secondary N) is 1. The molecule has 170 valence electrons. The van der Waals surface area contributed by atoms with Gasteiger partial charge in [-0.15, -0.1) is 11.8 Å². The van der Waals surface area contributed by atoms with Crippen LogP contribution in [0.25, 0.3) is 11.4 Å². The number of fused-ring (bicyclic) bond motifs is 1. The van der Waals surface area contributed by atoms with Crippen molar-refractivity contribution in [2.24, 2.45) is 5.92 Å². The van der Waals surface area contributed by atoms with Crippen LogP contribution in [0.4, 0.5) is 9.18 Å². The maximum absolute atomic E-state index is 14.0. The second-order valence-electron chi connectivity index (χ2n) is 8.37. The number of carbonyl (C=O) groups is 2.